The maximum atomic E-state index is 13.1. The number of benzene rings is 2. The second-order valence-corrected chi connectivity index (χ2v) is 9.05. The number of ether oxygens (including phenoxy) is 1. The fourth-order valence-electron chi connectivity index (χ4n) is 3.24. The van der Waals surface area contributed by atoms with Crippen LogP contribution in [-0.2, 0) is 14.8 Å². The van der Waals surface area contributed by atoms with Crippen molar-refractivity contribution in [2.75, 3.05) is 26.2 Å². The normalized spacial score (nSPS) is 16.9. The Kier molecular flexibility index (Phi) is 6.54. The number of carbonyl (C=O) groups is 1. The largest absolute Gasteiger partial charge is 0.481 e. The van der Waals surface area contributed by atoms with E-state index in [-0.39, 0.29) is 23.9 Å². The fraction of sp³-hybridized carbons (Fsp3) is 0.381. The van der Waals surface area contributed by atoms with E-state index in [1.807, 2.05) is 31.2 Å². The molecule has 1 atom stereocenters. The Morgan fingerprint density at radius 2 is 1.66 bits per heavy atom. The van der Waals surface area contributed by atoms with Crippen molar-refractivity contribution < 1.29 is 22.3 Å². The van der Waals surface area contributed by atoms with Crippen LogP contribution >= 0.6 is 0 Å². The van der Waals surface area contributed by atoms with Gasteiger partial charge in [0.05, 0.1) is 4.90 Å². The van der Waals surface area contributed by atoms with E-state index in [0.717, 1.165) is 17.7 Å². The lowest BCUT2D eigenvalue weighted by molar-refractivity contribution is -0.137. The number of amides is 1. The van der Waals surface area contributed by atoms with E-state index in [1.165, 1.54) is 16.4 Å². The summed E-state index contributed by atoms with van der Waals surface area (Å²) in [5.41, 5.74) is 1.10. The molecule has 1 heterocycles. The summed E-state index contributed by atoms with van der Waals surface area (Å²) >= 11 is 0. The van der Waals surface area contributed by atoms with Crippen LogP contribution in [0.25, 0.3) is 0 Å². The molecule has 29 heavy (non-hydrogen) atoms. The highest BCUT2D eigenvalue weighted by molar-refractivity contribution is 7.89. The van der Waals surface area contributed by atoms with E-state index >= 15 is 0 Å². The van der Waals surface area contributed by atoms with Crippen LogP contribution in [0.3, 0.4) is 0 Å². The van der Waals surface area contributed by atoms with Gasteiger partial charge in [-0.1, -0.05) is 17.7 Å². The molecule has 0 aliphatic carbocycles. The van der Waals surface area contributed by atoms with E-state index in [0.29, 0.717) is 25.3 Å². The van der Waals surface area contributed by atoms with Gasteiger partial charge in [0, 0.05) is 26.2 Å². The summed E-state index contributed by atoms with van der Waals surface area (Å²) in [6.07, 6.45) is -0.151. The highest BCUT2D eigenvalue weighted by Crippen LogP contribution is 2.19. The van der Waals surface area contributed by atoms with Crippen molar-refractivity contribution in [1.82, 2.24) is 9.21 Å². The van der Waals surface area contributed by atoms with Gasteiger partial charge in [0.1, 0.15) is 11.6 Å². The lowest BCUT2D eigenvalue weighted by atomic mass is 10.2. The third-order valence-corrected chi connectivity index (χ3v) is 6.81. The van der Waals surface area contributed by atoms with Gasteiger partial charge >= 0.3 is 0 Å². The highest BCUT2D eigenvalue weighted by atomic mass is 32.2. The Hall–Kier alpha value is -2.45. The molecular formula is C21H25FN2O4S. The zero-order valence-electron chi connectivity index (χ0n) is 16.5. The average Bonchev–Trinajstić information content (AvgIpc) is 2.96. The first-order chi connectivity index (χ1) is 13.8. The van der Waals surface area contributed by atoms with Gasteiger partial charge in [-0.05, 0) is 56.7 Å². The number of sulfonamides is 1. The predicted molar refractivity (Wildman–Crippen MR) is 108 cm³/mol. The Labute approximate surface area is 170 Å². The lowest BCUT2D eigenvalue weighted by Crippen LogP contribution is -2.43. The van der Waals surface area contributed by atoms with Crippen LogP contribution in [0, 0.1) is 12.7 Å². The molecule has 0 N–H and O–H groups in total. The molecule has 1 unspecified atom stereocenters. The van der Waals surface area contributed by atoms with Crippen molar-refractivity contribution in [3.8, 4) is 5.75 Å². The molecule has 0 aromatic heterocycles. The molecule has 0 saturated carbocycles. The molecule has 1 fully saturated rings. The van der Waals surface area contributed by atoms with Crippen LogP contribution in [0.2, 0.25) is 0 Å². The molecule has 1 amide bonds. The summed E-state index contributed by atoms with van der Waals surface area (Å²) in [6, 6.07) is 12.2. The molecule has 6 nitrogen and oxygen atoms in total. The topological polar surface area (TPSA) is 66.9 Å². The van der Waals surface area contributed by atoms with Crippen LogP contribution in [0.4, 0.5) is 4.39 Å². The third-order valence-electron chi connectivity index (χ3n) is 4.90. The second-order valence-electron chi connectivity index (χ2n) is 7.11. The van der Waals surface area contributed by atoms with E-state index < -0.39 is 21.9 Å². The molecule has 0 spiro atoms. The zero-order valence-corrected chi connectivity index (χ0v) is 17.4. The first-order valence-corrected chi connectivity index (χ1v) is 11.0. The Morgan fingerprint density at radius 3 is 2.31 bits per heavy atom. The molecule has 1 aliphatic heterocycles. The average molecular weight is 421 g/mol. The van der Waals surface area contributed by atoms with Crippen LogP contribution in [0.1, 0.15) is 18.9 Å². The first-order valence-electron chi connectivity index (χ1n) is 9.55. The van der Waals surface area contributed by atoms with Gasteiger partial charge in [0.15, 0.2) is 6.10 Å². The zero-order chi connectivity index (χ0) is 21.0. The summed E-state index contributed by atoms with van der Waals surface area (Å²) < 4.78 is 45.8. The van der Waals surface area contributed by atoms with Crippen LogP contribution in [0.5, 0.6) is 5.75 Å². The molecule has 0 bridgehead atoms. The minimum atomic E-state index is -3.73. The summed E-state index contributed by atoms with van der Waals surface area (Å²) in [5, 5.41) is 0. The standard InChI is InChI=1S/C21H25FN2O4S/c1-16-4-8-19(9-5-16)28-17(2)21(25)23-12-3-13-24(15-14-23)29(26,27)20-10-6-18(22)7-11-20/h4-11,17H,3,12-15H2,1-2H3. The molecule has 1 saturated heterocycles. The Balaban J connectivity index is 1.63. The molecule has 156 valence electrons. The van der Waals surface area contributed by atoms with Crippen molar-refractivity contribution in [2.45, 2.75) is 31.3 Å². The monoisotopic (exact) mass is 420 g/mol. The van der Waals surface area contributed by atoms with Gasteiger partial charge in [-0.3, -0.25) is 4.79 Å². The van der Waals surface area contributed by atoms with E-state index in [9.17, 15) is 17.6 Å². The van der Waals surface area contributed by atoms with E-state index in [2.05, 4.69) is 0 Å². The van der Waals surface area contributed by atoms with Crippen LogP contribution < -0.4 is 4.74 Å². The fourth-order valence-corrected chi connectivity index (χ4v) is 4.71. The highest BCUT2D eigenvalue weighted by Gasteiger charge is 2.30. The van der Waals surface area contributed by atoms with Gasteiger partial charge in [-0.2, -0.15) is 4.31 Å². The molecule has 3 rings (SSSR count). The SMILES string of the molecule is Cc1ccc(OC(C)C(=O)N2CCCN(S(=O)(=O)c3ccc(F)cc3)CC2)cc1. The maximum Gasteiger partial charge on any atom is 0.263 e. The maximum absolute atomic E-state index is 13.1. The quantitative estimate of drug-likeness (QED) is 0.746. The van der Waals surface area contributed by atoms with Crippen molar-refractivity contribution in [3.63, 3.8) is 0 Å². The first kappa shape index (κ1) is 21.3. The minimum Gasteiger partial charge on any atom is -0.481 e. The molecule has 2 aromatic carbocycles. The van der Waals surface area contributed by atoms with Crippen molar-refractivity contribution in [3.05, 3.63) is 59.9 Å². The van der Waals surface area contributed by atoms with Crippen LogP contribution in [-0.4, -0.2) is 55.8 Å². The Morgan fingerprint density at radius 1 is 1.00 bits per heavy atom. The number of nitrogens with zero attached hydrogens (tertiary/aromatic N) is 2. The minimum absolute atomic E-state index is 0.0507. The molecule has 2 aromatic rings. The second kappa shape index (κ2) is 8.92. The summed E-state index contributed by atoms with van der Waals surface area (Å²) in [6.45, 7) is 4.89. The van der Waals surface area contributed by atoms with Gasteiger partial charge in [0.2, 0.25) is 10.0 Å². The van der Waals surface area contributed by atoms with Gasteiger partial charge in [-0.15, -0.1) is 0 Å². The number of carbonyl (C=O) groups excluding carboxylic acids is 1. The molecule has 8 heteroatoms. The number of aryl methyl sites for hydroxylation is 1. The molecular weight excluding hydrogens is 395 g/mol. The summed E-state index contributed by atoms with van der Waals surface area (Å²) in [4.78, 5) is 14.5. The summed E-state index contributed by atoms with van der Waals surface area (Å²) in [5.74, 6) is -0.0439. The predicted octanol–water partition coefficient (Wildman–Crippen LogP) is 2.82. The van der Waals surface area contributed by atoms with Crippen molar-refractivity contribution in [2.24, 2.45) is 0 Å². The molecule has 1 aliphatic rings. The van der Waals surface area contributed by atoms with Gasteiger partial charge in [-0.25, -0.2) is 12.8 Å². The Bertz CT molecular complexity index is 946. The van der Waals surface area contributed by atoms with Gasteiger partial charge < -0.3 is 9.64 Å². The van der Waals surface area contributed by atoms with E-state index in [1.54, 1.807) is 11.8 Å². The molecule has 0 radical (unpaired) electrons. The van der Waals surface area contributed by atoms with Gasteiger partial charge in [0.25, 0.3) is 5.91 Å². The smallest absolute Gasteiger partial charge is 0.263 e. The third kappa shape index (κ3) is 5.13. The summed E-state index contributed by atoms with van der Waals surface area (Å²) in [7, 11) is -3.73. The number of hydrogen-bond acceptors (Lipinski definition) is 4. The van der Waals surface area contributed by atoms with E-state index in [4.69, 9.17) is 4.74 Å². The number of halogens is 1. The number of hydrogen-bond donors (Lipinski definition) is 0. The van der Waals surface area contributed by atoms with Crippen molar-refractivity contribution >= 4 is 15.9 Å². The number of rotatable bonds is 5. The van der Waals surface area contributed by atoms with Crippen molar-refractivity contribution in [1.29, 1.82) is 0 Å². The van der Waals surface area contributed by atoms with Crippen LogP contribution in [0.15, 0.2) is 53.4 Å². The lowest BCUT2D eigenvalue weighted by Gasteiger charge is -2.25.